The van der Waals surface area contributed by atoms with Crippen LogP contribution in [0.3, 0.4) is 0 Å². The molecule has 0 unspecified atom stereocenters. The number of rotatable bonds is 9. The maximum Gasteiger partial charge on any atom is 0.287 e. The van der Waals surface area contributed by atoms with E-state index in [1.165, 1.54) is 12.1 Å². The van der Waals surface area contributed by atoms with E-state index in [2.05, 4.69) is 31.4 Å². The molecule has 11 heteroatoms. The minimum Gasteiger partial charge on any atom is -0.490 e. The van der Waals surface area contributed by atoms with Crippen molar-refractivity contribution >= 4 is 56.9 Å². The van der Waals surface area contributed by atoms with Crippen molar-refractivity contribution in [1.82, 2.24) is 4.98 Å². The topological polar surface area (TPSA) is 98.9 Å². The van der Waals surface area contributed by atoms with Crippen LogP contribution in [0.25, 0.3) is 0 Å². The number of pyridine rings is 1. The second kappa shape index (κ2) is 11.1. The van der Waals surface area contributed by atoms with E-state index in [-0.39, 0.29) is 12.3 Å². The zero-order chi connectivity index (χ0) is 23.1. The highest BCUT2D eigenvalue weighted by Gasteiger charge is 2.13. The highest BCUT2D eigenvalue weighted by Crippen LogP contribution is 2.37. The number of hydrazone groups is 1. The number of aromatic nitrogens is 1. The fourth-order valence-electron chi connectivity index (χ4n) is 2.58. The lowest BCUT2D eigenvalue weighted by molar-refractivity contribution is -0.385. The molecule has 32 heavy (non-hydrogen) atoms. The van der Waals surface area contributed by atoms with E-state index < -0.39 is 4.92 Å². The number of nitrogens with zero attached hydrogens (tertiary/aromatic N) is 3. The molecule has 2 aromatic carbocycles. The SMILES string of the molecule is CCOc1cc(/C=N/Nc2ccc([N+](=O)[O-])cn2)cc(Br)c1OCc1ccc(Cl)c(Cl)c1. The van der Waals surface area contributed by atoms with Gasteiger partial charge in [-0.25, -0.2) is 4.98 Å². The lowest BCUT2D eigenvalue weighted by atomic mass is 10.2. The van der Waals surface area contributed by atoms with Crippen molar-refractivity contribution in [3.63, 3.8) is 0 Å². The van der Waals surface area contributed by atoms with Gasteiger partial charge in [0.1, 0.15) is 18.6 Å². The lowest BCUT2D eigenvalue weighted by Crippen LogP contribution is -2.02. The van der Waals surface area contributed by atoms with Crippen LogP contribution in [-0.4, -0.2) is 22.7 Å². The minimum atomic E-state index is -0.516. The van der Waals surface area contributed by atoms with Crippen molar-refractivity contribution in [2.75, 3.05) is 12.0 Å². The number of ether oxygens (including phenoxy) is 2. The Morgan fingerprint density at radius 2 is 2.00 bits per heavy atom. The summed E-state index contributed by atoms with van der Waals surface area (Å²) in [6, 6.07) is 11.7. The number of halogens is 3. The molecule has 0 spiro atoms. The molecule has 0 radical (unpaired) electrons. The normalized spacial score (nSPS) is 10.9. The van der Waals surface area contributed by atoms with E-state index >= 15 is 0 Å². The summed E-state index contributed by atoms with van der Waals surface area (Å²) < 4.78 is 12.4. The summed E-state index contributed by atoms with van der Waals surface area (Å²) in [4.78, 5) is 14.1. The van der Waals surface area contributed by atoms with Crippen molar-refractivity contribution in [2.45, 2.75) is 13.5 Å². The van der Waals surface area contributed by atoms with Gasteiger partial charge in [-0.2, -0.15) is 5.10 Å². The number of hydrogen-bond donors (Lipinski definition) is 1. The lowest BCUT2D eigenvalue weighted by Gasteiger charge is -2.15. The molecule has 3 rings (SSSR count). The first kappa shape index (κ1) is 23.8. The molecular weight excluding hydrogens is 523 g/mol. The molecule has 0 amide bonds. The van der Waals surface area contributed by atoms with E-state index in [0.717, 1.165) is 17.3 Å². The first-order valence-corrected chi connectivity index (χ1v) is 10.8. The predicted octanol–water partition coefficient (Wildman–Crippen LogP) is 6.48. The zero-order valence-corrected chi connectivity index (χ0v) is 19.8. The van der Waals surface area contributed by atoms with Gasteiger partial charge in [-0.05, 0) is 64.3 Å². The van der Waals surface area contributed by atoms with Crippen molar-refractivity contribution in [1.29, 1.82) is 0 Å². The highest BCUT2D eigenvalue weighted by atomic mass is 79.9. The van der Waals surface area contributed by atoms with Gasteiger partial charge in [-0.15, -0.1) is 0 Å². The largest absolute Gasteiger partial charge is 0.490 e. The Labute approximate surface area is 202 Å². The molecule has 166 valence electrons. The Bertz CT molecular complexity index is 1140. The molecule has 0 aliphatic heterocycles. The van der Waals surface area contributed by atoms with E-state index in [1.807, 2.05) is 19.1 Å². The van der Waals surface area contributed by atoms with Crippen LogP contribution in [-0.2, 0) is 6.61 Å². The van der Waals surface area contributed by atoms with Gasteiger partial charge in [-0.3, -0.25) is 15.5 Å². The third-order valence-electron chi connectivity index (χ3n) is 4.05. The fraction of sp³-hybridized carbons (Fsp3) is 0.143. The second-order valence-corrected chi connectivity index (χ2v) is 8.00. The second-order valence-electron chi connectivity index (χ2n) is 6.33. The summed E-state index contributed by atoms with van der Waals surface area (Å²) in [5, 5.41) is 15.7. The number of anilines is 1. The molecule has 0 aliphatic carbocycles. The highest BCUT2D eigenvalue weighted by molar-refractivity contribution is 9.10. The van der Waals surface area contributed by atoms with Gasteiger partial charge in [0.2, 0.25) is 0 Å². The molecule has 0 saturated heterocycles. The van der Waals surface area contributed by atoms with Gasteiger partial charge in [-0.1, -0.05) is 29.3 Å². The molecule has 1 N–H and O–H groups in total. The first-order valence-electron chi connectivity index (χ1n) is 9.30. The number of benzene rings is 2. The molecule has 3 aromatic rings. The van der Waals surface area contributed by atoms with Gasteiger partial charge in [0.25, 0.3) is 5.69 Å². The van der Waals surface area contributed by atoms with Crippen LogP contribution < -0.4 is 14.9 Å². The Morgan fingerprint density at radius 1 is 1.19 bits per heavy atom. The third-order valence-corrected chi connectivity index (χ3v) is 5.38. The van der Waals surface area contributed by atoms with E-state index in [1.54, 1.807) is 24.4 Å². The summed E-state index contributed by atoms with van der Waals surface area (Å²) in [5.41, 5.74) is 4.22. The molecule has 0 atom stereocenters. The average Bonchev–Trinajstić information content (AvgIpc) is 2.76. The van der Waals surface area contributed by atoms with Crippen LogP contribution in [0.1, 0.15) is 18.1 Å². The Hall–Kier alpha value is -2.88. The number of hydrogen-bond acceptors (Lipinski definition) is 7. The summed E-state index contributed by atoms with van der Waals surface area (Å²) in [5.74, 6) is 1.45. The molecule has 8 nitrogen and oxygen atoms in total. The van der Waals surface area contributed by atoms with Crippen LogP contribution in [0.15, 0.2) is 58.2 Å². The summed E-state index contributed by atoms with van der Waals surface area (Å²) in [7, 11) is 0. The molecule has 0 aliphatic rings. The molecule has 1 aromatic heterocycles. The summed E-state index contributed by atoms with van der Waals surface area (Å²) in [6.07, 6.45) is 2.72. The third kappa shape index (κ3) is 6.32. The van der Waals surface area contributed by atoms with Gasteiger partial charge in [0.05, 0.1) is 32.3 Å². The van der Waals surface area contributed by atoms with E-state index in [9.17, 15) is 10.1 Å². The van der Waals surface area contributed by atoms with E-state index in [4.69, 9.17) is 32.7 Å². The zero-order valence-electron chi connectivity index (χ0n) is 16.7. The van der Waals surface area contributed by atoms with Gasteiger partial charge >= 0.3 is 0 Å². The first-order chi connectivity index (χ1) is 15.4. The van der Waals surface area contributed by atoms with E-state index in [0.29, 0.717) is 38.4 Å². The van der Waals surface area contributed by atoms with Crippen LogP contribution in [0.2, 0.25) is 10.0 Å². The van der Waals surface area contributed by atoms with Crippen molar-refractivity contribution in [3.05, 3.63) is 84.4 Å². The molecule has 0 fully saturated rings. The predicted molar refractivity (Wildman–Crippen MR) is 128 cm³/mol. The molecular formula is C21H17BrCl2N4O4. The van der Waals surface area contributed by atoms with Crippen LogP contribution >= 0.6 is 39.1 Å². The van der Waals surface area contributed by atoms with Crippen LogP contribution in [0.4, 0.5) is 11.5 Å². The molecule has 0 saturated carbocycles. The van der Waals surface area contributed by atoms with Crippen LogP contribution in [0, 0.1) is 10.1 Å². The average molecular weight is 540 g/mol. The Kier molecular flexibility index (Phi) is 8.26. The quantitative estimate of drug-likeness (QED) is 0.190. The van der Waals surface area contributed by atoms with Gasteiger partial charge in [0.15, 0.2) is 11.5 Å². The minimum absolute atomic E-state index is 0.0960. The Balaban J connectivity index is 1.73. The smallest absolute Gasteiger partial charge is 0.287 e. The fourth-order valence-corrected chi connectivity index (χ4v) is 3.48. The molecule has 0 bridgehead atoms. The van der Waals surface area contributed by atoms with Crippen molar-refractivity contribution in [2.24, 2.45) is 5.10 Å². The summed E-state index contributed by atoms with van der Waals surface area (Å²) >= 11 is 15.5. The monoisotopic (exact) mass is 538 g/mol. The van der Waals surface area contributed by atoms with Gasteiger partial charge in [0, 0.05) is 6.07 Å². The Morgan fingerprint density at radius 3 is 2.66 bits per heavy atom. The van der Waals surface area contributed by atoms with Crippen molar-refractivity contribution in [3.8, 4) is 11.5 Å². The standard InChI is InChI=1S/C21H17BrCl2N4O4/c1-2-31-19-9-14(10-26-27-20-6-4-15(11-25-20)28(29)30)7-16(22)21(19)32-12-13-3-5-17(23)18(24)8-13/h3-11H,2,12H2,1H3,(H,25,27)/b26-10+. The summed E-state index contributed by atoms with van der Waals surface area (Å²) in [6.45, 7) is 2.59. The van der Waals surface area contributed by atoms with Gasteiger partial charge < -0.3 is 9.47 Å². The molecule has 1 heterocycles. The number of nitrogens with one attached hydrogen (secondary N) is 1. The van der Waals surface area contributed by atoms with Crippen LogP contribution in [0.5, 0.6) is 11.5 Å². The maximum absolute atomic E-state index is 10.7. The number of nitro groups is 1. The van der Waals surface area contributed by atoms with Crippen molar-refractivity contribution < 1.29 is 14.4 Å². The maximum atomic E-state index is 10.7.